The predicted molar refractivity (Wildman–Crippen MR) is 395 cm³/mol. The van der Waals surface area contributed by atoms with Crippen molar-refractivity contribution in [1.29, 1.82) is 0 Å². The third-order valence-corrected chi connectivity index (χ3v) is 24.7. The summed E-state index contributed by atoms with van der Waals surface area (Å²) >= 11 is -4.89. The summed E-state index contributed by atoms with van der Waals surface area (Å²) in [4.78, 5) is 24.3. The molecule has 1 aromatic heterocycles. The van der Waals surface area contributed by atoms with Gasteiger partial charge in [-0.2, -0.15) is 13.3 Å². The molecule has 0 amide bonds. The van der Waals surface area contributed by atoms with E-state index in [4.69, 9.17) is 58.1 Å². The number of aryl methyl sites for hydroxylation is 13. The van der Waals surface area contributed by atoms with E-state index in [1.54, 1.807) is 22.9 Å². The van der Waals surface area contributed by atoms with Crippen molar-refractivity contribution in [2.24, 2.45) is 0 Å². The normalized spacial score (nSPS) is 13.2. The fourth-order valence-corrected chi connectivity index (χ4v) is 20.3. The molecule has 0 bridgehead atoms. The number of aldehydes is 1. The van der Waals surface area contributed by atoms with Crippen LogP contribution in [0.1, 0.15) is 150 Å². The number of halogens is 6. The topological polar surface area (TPSA) is 42.9 Å². The number of benzene rings is 5. The van der Waals surface area contributed by atoms with Crippen molar-refractivity contribution < 1.29 is 45.3 Å². The monoisotopic (exact) mass is 1610 g/mol. The number of carbonyl (C=O) groups excluding carboxylic acids is 1. The third-order valence-electron chi connectivity index (χ3n) is 14.6. The quantitative estimate of drug-likeness (QED) is 0.0557. The zero-order valence-electron chi connectivity index (χ0n) is 56.4. The average molecular weight is 1610 g/mol. The number of allylic oxidation sites excluding steroid dienone is 2. The Labute approximate surface area is 579 Å². The predicted octanol–water partition coefficient (Wildman–Crippen LogP) is 21.6. The van der Waals surface area contributed by atoms with Crippen molar-refractivity contribution >= 4 is 109 Å². The van der Waals surface area contributed by atoms with Crippen LogP contribution in [0.15, 0.2) is 109 Å². The summed E-state index contributed by atoms with van der Waals surface area (Å²) in [6.07, 6.45) is 7.56. The van der Waals surface area contributed by atoms with Crippen LogP contribution in [0, 0.1) is 103 Å². The van der Waals surface area contributed by atoms with Crippen molar-refractivity contribution in [2.45, 2.75) is 162 Å². The first-order valence-electron chi connectivity index (χ1n) is 29.9. The Kier molecular flexibility index (Phi) is 35.7. The van der Waals surface area contributed by atoms with E-state index >= 15 is 0 Å². The summed E-state index contributed by atoms with van der Waals surface area (Å²) in [7, 11) is 33.4. The maximum atomic E-state index is 10.5. The number of aromatic nitrogens is 1. The van der Waals surface area contributed by atoms with Crippen molar-refractivity contribution in [3.8, 4) is 0 Å². The van der Waals surface area contributed by atoms with Gasteiger partial charge in [0.25, 0.3) is 0 Å². The Balaban J connectivity index is 0.000000292. The number of nitrogens with zero attached hydrogens (tertiary/aromatic N) is 5. The molecule has 2 aliphatic heterocycles. The second kappa shape index (κ2) is 39.4. The fourth-order valence-electron chi connectivity index (χ4n) is 11.8. The molecule has 8 rings (SSSR count). The van der Waals surface area contributed by atoms with Crippen molar-refractivity contribution in [2.75, 3.05) is 51.9 Å². The van der Waals surface area contributed by atoms with Gasteiger partial charge in [0, 0.05) is 48.9 Å². The molecule has 6 nitrogen and oxygen atoms in total. The van der Waals surface area contributed by atoms with Crippen LogP contribution in [-0.4, -0.2) is 67.8 Å². The molecule has 0 unspecified atom stereocenters. The van der Waals surface area contributed by atoms with Crippen LogP contribution in [0.3, 0.4) is 0 Å². The second-order valence-corrected chi connectivity index (χ2v) is 47.0. The molecule has 3 heterocycles. The molecule has 0 aliphatic carbocycles. The van der Waals surface area contributed by atoms with E-state index in [0.717, 1.165) is 62.7 Å². The SMILES string of the molecule is CC(C)=C[CH]=[Ru]([Cl])[Cl].Cc1cc(C)c(N2[CH-]N(c3c(C)cc(C)cc3C)CC2)c(C)c1.Cc1cc(C)c(N2[CH-]N(c3c(C)cc(C)cc3C)CC2)c(C)c1.O=Cc1ccccc1[CH]=[Ru]([Cl])[Cl].[CH2-]C[PH+](C(C)(C)C)C(C)(C)C.[Cl][Ru]([Cl])=[CH]CCc1ccccn1. The standard InChI is InChI=1S/2C21H27N2.C10H22P.C8H9N.C8H6O.C5H8.6ClH.3Ru/c2*1-14-9-16(3)20(17(4)10-14)22-7-8-23(13-22)21-18(5)11-15(2)12-19(21)6;1-8-11(9(2,3)4)10(5,6)7;1-2-5-8-6-3-4-7-9-8;1-7-4-2-3-5-8(7)6-9;1-4-5(2)3;;;;;;;;;/h2*9-13H,7-8H2,1-6H3;1,8H2,2-7H3;1,3-4,6-7H,2,5H2;1-6H;1,4H,2-3H3;6*1H;;;/q3*-1;;;;;;;;;;3*+2/p-5. The Morgan fingerprint density at radius 1 is 0.528 bits per heavy atom. The molecule has 0 atom stereocenters. The van der Waals surface area contributed by atoms with Crippen LogP contribution in [0.4, 0.5) is 22.7 Å². The van der Waals surface area contributed by atoms with E-state index in [1.165, 1.54) is 95.1 Å². The first-order chi connectivity index (χ1) is 41.6. The number of hydrogen-bond acceptors (Lipinski definition) is 6. The van der Waals surface area contributed by atoms with Gasteiger partial charge in [0.15, 0.2) is 0 Å². The molecular formula is C73H100Cl6N5OPRu3-2. The number of anilines is 4. The van der Waals surface area contributed by atoms with Crippen LogP contribution in [-0.2, 0) is 47.0 Å². The zero-order valence-corrected chi connectivity index (χ0v) is 67.2. The summed E-state index contributed by atoms with van der Waals surface area (Å²) in [6, 6.07) is 31.4. The minimum absolute atomic E-state index is 0.326. The van der Waals surface area contributed by atoms with Crippen LogP contribution in [0.25, 0.3) is 0 Å². The molecule has 6 aromatic rings. The first-order valence-corrected chi connectivity index (χ1v) is 48.0. The van der Waals surface area contributed by atoms with E-state index in [1.807, 2.05) is 59.5 Å². The molecule has 2 aliphatic rings. The molecule has 16 heteroatoms. The number of pyridine rings is 1. The fraction of sp³-hybridized carbons (Fsp3) is 0.397. The third kappa shape index (κ3) is 28.2. The van der Waals surface area contributed by atoms with Gasteiger partial charge in [-0.15, -0.1) is 0 Å². The molecule has 2 saturated heterocycles. The van der Waals surface area contributed by atoms with Gasteiger partial charge >= 0.3 is 232 Å². The van der Waals surface area contributed by atoms with Crippen LogP contribution in [0.2, 0.25) is 0 Å². The maximum absolute atomic E-state index is 10.5. The zero-order chi connectivity index (χ0) is 67.1. The van der Waals surface area contributed by atoms with Gasteiger partial charge in [-0.3, -0.25) is 0 Å². The summed E-state index contributed by atoms with van der Waals surface area (Å²) in [5, 5.41) is 0.981. The minimum atomic E-state index is -1.82. The van der Waals surface area contributed by atoms with Crippen LogP contribution in [0.5, 0.6) is 0 Å². The van der Waals surface area contributed by atoms with Gasteiger partial charge in [0.2, 0.25) is 0 Å². The van der Waals surface area contributed by atoms with Gasteiger partial charge < -0.3 is 26.5 Å². The van der Waals surface area contributed by atoms with Gasteiger partial charge in [-0.1, -0.05) is 76.9 Å². The molecule has 496 valence electrons. The van der Waals surface area contributed by atoms with Crippen molar-refractivity contribution in [3.05, 3.63) is 213 Å². The molecule has 0 radical (unpaired) electrons. The van der Waals surface area contributed by atoms with E-state index in [9.17, 15) is 4.79 Å². The first kappa shape index (κ1) is 80.7. The number of hydrogen-bond donors (Lipinski definition) is 0. The molecule has 0 spiro atoms. The Hall–Kier alpha value is -2.49. The Morgan fingerprint density at radius 3 is 1.10 bits per heavy atom. The van der Waals surface area contributed by atoms with Crippen molar-refractivity contribution in [3.63, 3.8) is 0 Å². The summed E-state index contributed by atoms with van der Waals surface area (Å²) in [5.41, 5.74) is 25.5. The summed E-state index contributed by atoms with van der Waals surface area (Å²) in [6.45, 7) is 57.3. The summed E-state index contributed by atoms with van der Waals surface area (Å²) < 4.78 is 5.64. The van der Waals surface area contributed by atoms with E-state index in [-0.39, 0.29) is 7.92 Å². The van der Waals surface area contributed by atoms with Crippen molar-refractivity contribution in [1.82, 2.24) is 4.98 Å². The second-order valence-electron chi connectivity index (χ2n) is 25.1. The molecule has 0 saturated carbocycles. The van der Waals surface area contributed by atoms with Gasteiger partial charge in [0.1, 0.15) is 0 Å². The number of carbonyl (C=O) groups is 1. The Bertz CT molecular complexity index is 3000. The van der Waals surface area contributed by atoms with Crippen LogP contribution < -0.4 is 19.6 Å². The van der Waals surface area contributed by atoms with Gasteiger partial charge in [-0.25, -0.2) is 0 Å². The van der Waals surface area contributed by atoms with Gasteiger partial charge in [-0.05, 0) is 177 Å². The van der Waals surface area contributed by atoms with E-state index in [0.29, 0.717) is 15.9 Å². The molecular weight excluding hydrogens is 1510 g/mol. The molecule has 89 heavy (non-hydrogen) atoms. The van der Waals surface area contributed by atoms with E-state index in [2.05, 4.69) is 218 Å². The average Bonchev–Trinajstić information content (AvgIpc) is 1.89. The molecule has 0 N–H and O–H groups in total. The van der Waals surface area contributed by atoms with Gasteiger partial charge in [0.05, 0.1) is 10.3 Å². The number of rotatable bonds is 11. The van der Waals surface area contributed by atoms with E-state index < -0.39 is 40.6 Å². The molecule has 5 aromatic carbocycles. The Morgan fingerprint density at radius 2 is 0.865 bits per heavy atom. The molecule has 2 fully saturated rings. The summed E-state index contributed by atoms with van der Waals surface area (Å²) in [5.74, 6) is 0. The van der Waals surface area contributed by atoms with Crippen LogP contribution >= 0.6 is 66.1 Å².